The molecule has 2 atom stereocenters. The first-order chi connectivity index (χ1) is 9.45. The van der Waals surface area contributed by atoms with Gasteiger partial charge in [0.05, 0.1) is 4.90 Å². The van der Waals surface area contributed by atoms with Crippen molar-refractivity contribution in [3.05, 3.63) is 29.8 Å². The van der Waals surface area contributed by atoms with Crippen LogP contribution < -0.4 is 5.32 Å². The molecule has 1 heterocycles. The second-order valence-corrected chi connectivity index (χ2v) is 7.81. The van der Waals surface area contributed by atoms with E-state index in [1.54, 1.807) is 16.4 Å². The third kappa shape index (κ3) is 3.22. The van der Waals surface area contributed by atoms with Crippen LogP contribution in [0.2, 0.25) is 0 Å². The standard InChI is InChI=1S/C15H24N2O2S/c1-12-8-13(2)11-17(10-12)20(18,19)15-7-5-4-6-14(15)9-16-3/h4-7,12-13,16H,8-11H2,1-3H3. The number of hydrogen-bond acceptors (Lipinski definition) is 3. The molecule has 5 heteroatoms. The fourth-order valence-corrected chi connectivity index (χ4v) is 4.93. The number of piperidine rings is 1. The minimum Gasteiger partial charge on any atom is -0.316 e. The van der Waals surface area contributed by atoms with Crippen LogP contribution in [0.4, 0.5) is 0 Å². The molecular weight excluding hydrogens is 272 g/mol. The van der Waals surface area contributed by atoms with Gasteiger partial charge in [0.1, 0.15) is 0 Å². The van der Waals surface area contributed by atoms with Crippen LogP contribution in [0, 0.1) is 11.8 Å². The normalized spacial score (nSPS) is 24.8. The van der Waals surface area contributed by atoms with Gasteiger partial charge in [0.25, 0.3) is 0 Å². The lowest BCUT2D eigenvalue weighted by Crippen LogP contribution is -2.42. The Balaban J connectivity index is 2.35. The molecule has 2 rings (SSSR count). The van der Waals surface area contributed by atoms with Gasteiger partial charge in [0.2, 0.25) is 10.0 Å². The first-order valence-electron chi connectivity index (χ1n) is 7.17. The van der Waals surface area contributed by atoms with E-state index in [0.717, 1.165) is 12.0 Å². The monoisotopic (exact) mass is 296 g/mol. The van der Waals surface area contributed by atoms with E-state index >= 15 is 0 Å². The Labute approximate surface area is 122 Å². The van der Waals surface area contributed by atoms with Gasteiger partial charge < -0.3 is 5.32 Å². The molecule has 1 aliphatic rings. The lowest BCUT2D eigenvalue weighted by molar-refractivity contribution is 0.222. The van der Waals surface area contributed by atoms with E-state index in [2.05, 4.69) is 19.2 Å². The molecule has 20 heavy (non-hydrogen) atoms. The van der Waals surface area contributed by atoms with Crippen LogP contribution in [-0.4, -0.2) is 32.9 Å². The van der Waals surface area contributed by atoms with Gasteiger partial charge in [0, 0.05) is 19.6 Å². The highest BCUT2D eigenvalue weighted by molar-refractivity contribution is 7.89. The largest absolute Gasteiger partial charge is 0.316 e. The highest BCUT2D eigenvalue weighted by Gasteiger charge is 2.32. The Bertz CT molecular complexity index is 547. The summed E-state index contributed by atoms with van der Waals surface area (Å²) in [6.07, 6.45) is 1.10. The third-order valence-electron chi connectivity index (χ3n) is 3.79. The molecule has 1 aromatic rings. The quantitative estimate of drug-likeness (QED) is 0.925. The number of nitrogens with zero attached hydrogens (tertiary/aromatic N) is 1. The molecule has 1 saturated heterocycles. The summed E-state index contributed by atoms with van der Waals surface area (Å²) in [6, 6.07) is 7.27. The summed E-state index contributed by atoms with van der Waals surface area (Å²) in [5, 5.41) is 3.03. The molecule has 1 N–H and O–H groups in total. The van der Waals surface area contributed by atoms with Crippen LogP contribution in [0.15, 0.2) is 29.2 Å². The molecule has 0 saturated carbocycles. The summed E-state index contributed by atoms with van der Waals surface area (Å²) >= 11 is 0. The molecule has 2 unspecified atom stereocenters. The van der Waals surface area contributed by atoms with Gasteiger partial charge in [-0.3, -0.25) is 0 Å². The zero-order valence-electron chi connectivity index (χ0n) is 12.5. The van der Waals surface area contributed by atoms with Crippen molar-refractivity contribution in [2.45, 2.75) is 31.7 Å². The Morgan fingerprint density at radius 3 is 2.40 bits per heavy atom. The SMILES string of the molecule is CNCc1ccccc1S(=O)(=O)N1CC(C)CC(C)C1. The van der Waals surface area contributed by atoms with Crippen molar-refractivity contribution in [3.63, 3.8) is 0 Å². The maximum absolute atomic E-state index is 12.9. The molecule has 0 radical (unpaired) electrons. The predicted octanol–water partition coefficient (Wildman–Crippen LogP) is 2.07. The van der Waals surface area contributed by atoms with E-state index in [-0.39, 0.29) is 0 Å². The van der Waals surface area contributed by atoms with Crippen molar-refractivity contribution in [2.24, 2.45) is 11.8 Å². The lowest BCUT2D eigenvalue weighted by atomic mass is 9.94. The van der Waals surface area contributed by atoms with Crippen molar-refractivity contribution >= 4 is 10.0 Å². The number of sulfonamides is 1. The summed E-state index contributed by atoms with van der Waals surface area (Å²) in [7, 11) is -1.56. The molecule has 112 valence electrons. The Hall–Kier alpha value is -0.910. The summed E-state index contributed by atoms with van der Waals surface area (Å²) < 4.78 is 27.4. The number of hydrogen-bond donors (Lipinski definition) is 1. The van der Waals surface area contributed by atoms with Crippen LogP contribution in [0.25, 0.3) is 0 Å². The van der Waals surface area contributed by atoms with Crippen molar-refractivity contribution in [2.75, 3.05) is 20.1 Å². The van der Waals surface area contributed by atoms with Crippen LogP contribution in [-0.2, 0) is 16.6 Å². The Kier molecular flexibility index (Phi) is 4.83. The van der Waals surface area contributed by atoms with Crippen molar-refractivity contribution in [1.82, 2.24) is 9.62 Å². The van der Waals surface area contributed by atoms with Gasteiger partial charge in [-0.2, -0.15) is 4.31 Å². The fourth-order valence-electron chi connectivity index (χ4n) is 3.03. The molecule has 0 aromatic heterocycles. The molecule has 0 aliphatic carbocycles. The summed E-state index contributed by atoms with van der Waals surface area (Å²) in [5.41, 5.74) is 0.834. The summed E-state index contributed by atoms with van der Waals surface area (Å²) in [4.78, 5) is 0.440. The van der Waals surface area contributed by atoms with E-state index in [0.29, 0.717) is 36.4 Å². The molecule has 1 aliphatic heterocycles. The van der Waals surface area contributed by atoms with Gasteiger partial charge in [-0.05, 0) is 36.9 Å². The number of nitrogens with one attached hydrogen (secondary N) is 1. The van der Waals surface area contributed by atoms with Crippen LogP contribution in [0.5, 0.6) is 0 Å². The van der Waals surface area contributed by atoms with E-state index in [1.807, 2.05) is 19.2 Å². The van der Waals surface area contributed by atoms with Crippen LogP contribution >= 0.6 is 0 Å². The van der Waals surface area contributed by atoms with Gasteiger partial charge in [-0.1, -0.05) is 32.0 Å². The van der Waals surface area contributed by atoms with Gasteiger partial charge in [0.15, 0.2) is 0 Å². The molecule has 1 aromatic carbocycles. The van der Waals surface area contributed by atoms with E-state index in [9.17, 15) is 8.42 Å². The topological polar surface area (TPSA) is 49.4 Å². The second-order valence-electron chi connectivity index (χ2n) is 5.91. The van der Waals surface area contributed by atoms with Crippen LogP contribution in [0.1, 0.15) is 25.8 Å². The highest BCUT2D eigenvalue weighted by Crippen LogP contribution is 2.28. The lowest BCUT2D eigenvalue weighted by Gasteiger charge is -2.34. The Morgan fingerprint density at radius 1 is 1.20 bits per heavy atom. The molecule has 0 amide bonds. The highest BCUT2D eigenvalue weighted by atomic mass is 32.2. The molecular formula is C15H24N2O2S. The molecule has 0 spiro atoms. The van der Waals surface area contributed by atoms with Gasteiger partial charge >= 0.3 is 0 Å². The predicted molar refractivity (Wildman–Crippen MR) is 80.9 cm³/mol. The smallest absolute Gasteiger partial charge is 0.243 e. The van der Waals surface area contributed by atoms with Crippen molar-refractivity contribution in [1.29, 1.82) is 0 Å². The first-order valence-corrected chi connectivity index (χ1v) is 8.61. The third-order valence-corrected chi connectivity index (χ3v) is 5.73. The van der Waals surface area contributed by atoms with Crippen LogP contribution in [0.3, 0.4) is 0 Å². The maximum atomic E-state index is 12.9. The maximum Gasteiger partial charge on any atom is 0.243 e. The molecule has 0 bridgehead atoms. The molecule has 4 nitrogen and oxygen atoms in total. The minimum atomic E-state index is -3.39. The van der Waals surface area contributed by atoms with Crippen molar-refractivity contribution in [3.8, 4) is 0 Å². The zero-order chi connectivity index (χ0) is 14.8. The van der Waals surface area contributed by atoms with E-state index < -0.39 is 10.0 Å². The van der Waals surface area contributed by atoms with Gasteiger partial charge in [-0.25, -0.2) is 8.42 Å². The van der Waals surface area contributed by atoms with Crippen molar-refractivity contribution < 1.29 is 8.42 Å². The Morgan fingerprint density at radius 2 is 1.80 bits per heavy atom. The fraction of sp³-hybridized carbons (Fsp3) is 0.600. The average molecular weight is 296 g/mol. The van der Waals surface area contributed by atoms with Gasteiger partial charge in [-0.15, -0.1) is 0 Å². The average Bonchev–Trinajstić information content (AvgIpc) is 2.38. The number of rotatable bonds is 4. The number of benzene rings is 1. The summed E-state index contributed by atoms with van der Waals surface area (Å²) in [5.74, 6) is 0.843. The van der Waals surface area contributed by atoms with E-state index in [1.165, 1.54) is 0 Å². The second kappa shape index (κ2) is 6.24. The summed E-state index contributed by atoms with van der Waals surface area (Å²) in [6.45, 7) is 6.06. The minimum absolute atomic E-state index is 0.421. The molecule has 1 fully saturated rings. The first kappa shape index (κ1) is 15.5. The van der Waals surface area contributed by atoms with E-state index in [4.69, 9.17) is 0 Å². The zero-order valence-corrected chi connectivity index (χ0v) is 13.3.